The van der Waals surface area contributed by atoms with Crippen molar-refractivity contribution in [1.29, 1.82) is 0 Å². The van der Waals surface area contributed by atoms with Crippen molar-refractivity contribution >= 4 is 27.1 Å². The summed E-state index contributed by atoms with van der Waals surface area (Å²) in [5, 5.41) is 10.0. The van der Waals surface area contributed by atoms with Crippen LogP contribution in [0.1, 0.15) is 5.69 Å². The van der Waals surface area contributed by atoms with Crippen LogP contribution in [0.4, 0.5) is 5.00 Å². The summed E-state index contributed by atoms with van der Waals surface area (Å²) >= 11 is 1.36. The fourth-order valence-corrected chi connectivity index (χ4v) is 1.98. The van der Waals surface area contributed by atoms with Crippen LogP contribution in [0.5, 0.6) is 0 Å². The predicted octanol–water partition coefficient (Wildman–Crippen LogP) is 0.875. The Hall–Kier alpha value is -1.36. The van der Waals surface area contributed by atoms with Crippen molar-refractivity contribution < 1.29 is 0 Å². The van der Waals surface area contributed by atoms with Gasteiger partial charge in [0.05, 0.1) is 16.1 Å². The number of nitrogen functional groups attached to an aromatic ring is 1. The van der Waals surface area contributed by atoms with E-state index in [0.717, 1.165) is 11.1 Å². The first-order valence-corrected chi connectivity index (χ1v) is 4.30. The van der Waals surface area contributed by atoms with E-state index in [-0.39, 0.29) is 5.56 Å². The number of hydrogen-bond acceptors (Lipinski definition) is 4. The van der Waals surface area contributed by atoms with Gasteiger partial charge in [-0.25, -0.2) is 5.10 Å². The number of nitrogens with zero attached hydrogens (tertiary/aromatic N) is 1. The van der Waals surface area contributed by atoms with Crippen LogP contribution in [0.2, 0.25) is 0 Å². The van der Waals surface area contributed by atoms with E-state index >= 15 is 0 Å². The molecule has 2 aromatic heterocycles. The number of H-pyrrole nitrogens is 1. The van der Waals surface area contributed by atoms with Crippen molar-refractivity contribution in [2.45, 2.75) is 6.92 Å². The molecule has 0 aliphatic carbocycles. The Morgan fingerprint density at radius 1 is 1.67 bits per heavy atom. The van der Waals surface area contributed by atoms with E-state index in [2.05, 4.69) is 10.2 Å². The fourth-order valence-electron chi connectivity index (χ4n) is 1.12. The van der Waals surface area contributed by atoms with Gasteiger partial charge < -0.3 is 5.73 Å². The molecule has 2 rings (SSSR count). The quantitative estimate of drug-likeness (QED) is 0.633. The molecule has 2 heterocycles. The van der Waals surface area contributed by atoms with Gasteiger partial charge in [-0.3, -0.25) is 4.79 Å². The third-order valence-corrected chi connectivity index (χ3v) is 2.57. The highest BCUT2D eigenvalue weighted by Crippen LogP contribution is 2.25. The SMILES string of the molecule is Cc1n[nH]c(=O)c2c(N)scc12. The van der Waals surface area contributed by atoms with Crippen LogP contribution in [0, 0.1) is 6.92 Å². The first kappa shape index (κ1) is 7.30. The maximum atomic E-state index is 11.2. The lowest BCUT2D eigenvalue weighted by Gasteiger charge is -1.92. The Morgan fingerprint density at radius 3 is 3.08 bits per heavy atom. The zero-order valence-electron chi connectivity index (χ0n) is 6.42. The monoisotopic (exact) mass is 181 g/mol. The third kappa shape index (κ3) is 0.831. The molecule has 0 saturated carbocycles. The third-order valence-electron chi connectivity index (χ3n) is 1.76. The van der Waals surface area contributed by atoms with Gasteiger partial charge in [-0.15, -0.1) is 11.3 Å². The highest BCUT2D eigenvalue weighted by molar-refractivity contribution is 7.15. The minimum Gasteiger partial charge on any atom is -0.390 e. The summed E-state index contributed by atoms with van der Waals surface area (Å²) in [5.41, 5.74) is 6.21. The molecule has 12 heavy (non-hydrogen) atoms. The van der Waals surface area contributed by atoms with Gasteiger partial charge in [0.1, 0.15) is 0 Å². The van der Waals surface area contributed by atoms with E-state index in [4.69, 9.17) is 5.73 Å². The second kappa shape index (κ2) is 2.31. The second-order valence-electron chi connectivity index (χ2n) is 2.53. The van der Waals surface area contributed by atoms with E-state index in [9.17, 15) is 4.79 Å². The minimum absolute atomic E-state index is 0.214. The van der Waals surface area contributed by atoms with Gasteiger partial charge in [0.2, 0.25) is 0 Å². The first-order chi connectivity index (χ1) is 5.70. The summed E-state index contributed by atoms with van der Waals surface area (Å²) in [4.78, 5) is 11.2. The average Bonchev–Trinajstić information content (AvgIpc) is 2.42. The maximum absolute atomic E-state index is 11.2. The second-order valence-corrected chi connectivity index (χ2v) is 3.44. The van der Waals surface area contributed by atoms with Gasteiger partial charge in [-0.05, 0) is 6.92 Å². The summed E-state index contributed by atoms with van der Waals surface area (Å²) in [7, 11) is 0. The van der Waals surface area contributed by atoms with Crippen LogP contribution in [-0.4, -0.2) is 10.2 Å². The van der Waals surface area contributed by atoms with Crippen molar-refractivity contribution in [3.8, 4) is 0 Å². The molecular weight excluding hydrogens is 174 g/mol. The van der Waals surface area contributed by atoms with Crippen molar-refractivity contribution in [2.24, 2.45) is 0 Å². The number of rotatable bonds is 0. The van der Waals surface area contributed by atoms with E-state index in [1.54, 1.807) is 0 Å². The molecule has 0 aliphatic rings. The van der Waals surface area contributed by atoms with Crippen molar-refractivity contribution in [2.75, 3.05) is 5.73 Å². The van der Waals surface area contributed by atoms with Crippen molar-refractivity contribution in [3.05, 3.63) is 21.4 Å². The largest absolute Gasteiger partial charge is 0.390 e. The van der Waals surface area contributed by atoms with Gasteiger partial charge in [-0.2, -0.15) is 5.10 Å². The number of anilines is 1. The summed E-state index contributed by atoms with van der Waals surface area (Å²) in [6, 6.07) is 0. The molecule has 3 N–H and O–H groups in total. The fraction of sp³-hybridized carbons (Fsp3) is 0.143. The summed E-state index contributed by atoms with van der Waals surface area (Å²) < 4.78 is 0. The lowest BCUT2D eigenvalue weighted by molar-refractivity contribution is 0.972. The summed E-state index contributed by atoms with van der Waals surface area (Å²) in [6.07, 6.45) is 0. The number of nitrogens with two attached hydrogens (primary N) is 1. The molecule has 5 heteroatoms. The topological polar surface area (TPSA) is 71.8 Å². The highest BCUT2D eigenvalue weighted by Gasteiger charge is 2.07. The first-order valence-electron chi connectivity index (χ1n) is 3.42. The Bertz CT molecular complexity index is 485. The molecule has 4 nitrogen and oxygen atoms in total. The Labute approximate surface area is 72.0 Å². The normalized spacial score (nSPS) is 10.8. The number of fused-ring (bicyclic) bond motifs is 1. The smallest absolute Gasteiger partial charge is 0.275 e. The summed E-state index contributed by atoms with van der Waals surface area (Å²) in [5.74, 6) is 0. The van der Waals surface area contributed by atoms with Gasteiger partial charge in [0.15, 0.2) is 0 Å². The molecule has 0 saturated heterocycles. The highest BCUT2D eigenvalue weighted by atomic mass is 32.1. The van der Waals surface area contributed by atoms with E-state index in [1.165, 1.54) is 11.3 Å². The molecule has 0 radical (unpaired) electrons. The Morgan fingerprint density at radius 2 is 2.42 bits per heavy atom. The number of aryl methyl sites for hydroxylation is 1. The van der Waals surface area contributed by atoms with Crippen molar-refractivity contribution in [3.63, 3.8) is 0 Å². The lowest BCUT2D eigenvalue weighted by atomic mass is 10.2. The van der Waals surface area contributed by atoms with Gasteiger partial charge >= 0.3 is 0 Å². The number of hydrogen-bond donors (Lipinski definition) is 2. The van der Waals surface area contributed by atoms with Crippen LogP contribution >= 0.6 is 11.3 Å². The molecule has 0 atom stereocenters. The molecule has 0 aliphatic heterocycles. The van der Waals surface area contributed by atoms with Crippen LogP contribution in [0.15, 0.2) is 10.2 Å². The predicted molar refractivity (Wildman–Crippen MR) is 49.4 cm³/mol. The maximum Gasteiger partial charge on any atom is 0.275 e. The number of aromatic amines is 1. The lowest BCUT2D eigenvalue weighted by Crippen LogP contribution is -2.09. The zero-order valence-corrected chi connectivity index (χ0v) is 7.23. The van der Waals surface area contributed by atoms with Gasteiger partial charge in [0, 0.05) is 10.8 Å². The van der Waals surface area contributed by atoms with Gasteiger partial charge in [0.25, 0.3) is 5.56 Å². The molecule has 0 spiro atoms. The van der Waals surface area contributed by atoms with Crippen LogP contribution in [0.25, 0.3) is 10.8 Å². The number of thiophene rings is 1. The molecule has 62 valence electrons. The number of aromatic nitrogens is 2. The average molecular weight is 181 g/mol. The Kier molecular flexibility index (Phi) is 1.41. The molecule has 0 unspecified atom stereocenters. The van der Waals surface area contributed by atoms with E-state index < -0.39 is 0 Å². The molecular formula is C7H7N3OS. The minimum atomic E-state index is -0.214. The molecule has 0 bridgehead atoms. The van der Waals surface area contributed by atoms with E-state index in [1.807, 2.05) is 12.3 Å². The zero-order chi connectivity index (χ0) is 8.72. The number of nitrogens with one attached hydrogen (secondary N) is 1. The van der Waals surface area contributed by atoms with Crippen LogP contribution < -0.4 is 11.3 Å². The standard InChI is InChI=1S/C7H7N3OS/c1-3-4-2-12-6(8)5(4)7(11)10-9-3/h2H,8H2,1H3,(H,10,11). The molecule has 0 fully saturated rings. The molecule has 0 aromatic carbocycles. The Balaban J connectivity index is 3.09. The van der Waals surface area contributed by atoms with Gasteiger partial charge in [-0.1, -0.05) is 0 Å². The molecule has 0 amide bonds. The molecule has 2 aromatic rings. The van der Waals surface area contributed by atoms with E-state index in [0.29, 0.717) is 10.4 Å². The van der Waals surface area contributed by atoms with Crippen LogP contribution in [0.3, 0.4) is 0 Å². The van der Waals surface area contributed by atoms with Crippen molar-refractivity contribution in [1.82, 2.24) is 10.2 Å². The van der Waals surface area contributed by atoms with Crippen LogP contribution in [-0.2, 0) is 0 Å². The summed E-state index contributed by atoms with van der Waals surface area (Å²) in [6.45, 7) is 1.84.